The zero-order valence-electron chi connectivity index (χ0n) is 16.9. The van der Waals surface area contributed by atoms with Gasteiger partial charge < -0.3 is 15.7 Å². The second-order valence-corrected chi connectivity index (χ2v) is 7.67. The lowest BCUT2D eigenvalue weighted by Gasteiger charge is -2.23. The molecule has 2 atom stereocenters. The van der Waals surface area contributed by atoms with Gasteiger partial charge in [0.15, 0.2) is 0 Å². The van der Waals surface area contributed by atoms with Gasteiger partial charge in [-0.1, -0.05) is 13.8 Å². The number of rotatable bonds is 12. The maximum Gasteiger partial charge on any atom is 0.220 e. The van der Waals surface area contributed by atoms with Crippen LogP contribution >= 0.6 is 0 Å². The van der Waals surface area contributed by atoms with Gasteiger partial charge in [0.05, 0.1) is 0 Å². The highest BCUT2D eigenvalue weighted by molar-refractivity contribution is 5.76. The first-order valence-electron chi connectivity index (χ1n) is 9.81. The van der Waals surface area contributed by atoms with E-state index in [2.05, 4.69) is 10.6 Å². The Morgan fingerprint density at radius 2 is 1.57 bits per heavy atom. The standard InChI is InChI=1S/C21H32F2N2O3/c1-14(2)4-7-21(28)25-19(8-9-26)5-6-20(24-15(3)27)12-16-10-17(22)13-18(23)11-16/h10-11,13-14,19-20,26H,4-9,12H2,1-3H3,(H,24,27)(H,25,28)/t19?,20-/m1/s1. The number of hydrogen-bond donors (Lipinski definition) is 3. The summed E-state index contributed by atoms with van der Waals surface area (Å²) in [6, 6.07) is 2.76. The molecule has 0 bridgehead atoms. The molecule has 28 heavy (non-hydrogen) atoms. The van der Waals surface area contributed by atoms with E-state index >= 15 is 0 Å². The first-order chi connectivity index (χ1) is 13.2. The molecule has 158 valence electrons. The maximum atomic E-state index is 13.4. The smallest absolute Gasteiger partial charge is 0.220 e. The second kappa shape index (κ2) is 12.4. The molecule has 1 aromatic rings. The lowest BCUT2D eigenvalue weighted by molar-refractivity contribution is -0.122. The molecule has 0 saturated heterocycles. The van der Waals surface area contributed by atoms with Crippen LogP contribution in [0.3, 0.4) is 0 Å². The Morgan fingerprint density at radius 3 is 2.11 bits per heavy atom. The number of carbonyl (C=O) groups excluding carboxylic acids is 2. The Kier molecular flexibility index (Phi) is 10.7. The van der Waals surface area contributed by atoms with E-state index < -0.39 is 11.6 Å². The fraction of sp³-hybridized carbons (Fsp3) is 0.619. The lowest BCUT2D eigenvalue weighted by atomic mass is 9.97. The molecule has 1 aromatic carbocycles. The van der Waals surface area contributed by atoms with E-state index in [-0.39, 0.29) is 36.9 Å². The van der Waals surface area contributed by atoms with Crippen LogP contribution < -0.4 is 10.6 Å². The minimum absolute atomic E-state index is 0.0598. The van der Waals surface area contributed by atoms with Gasteiger partial charge in [-0.15, -0.1) is 0 Å². The number of aliphatic hydroxyl groups is 1. The SMILES string of the molecule is CC(=O)N[C@H](CCC(CCO)NC(=O)CCC(C)C)Cc1cc(F)cc(F)c1. The molecule has 0 fully saturated rings. The predicted octanol–water partition coefficient (Wildman–Crippen LogP) is 3.10. The summed E-state index contributed by atoms with van der Waals surface area (Å²) in [5, 5.41) is 15.0. The fourth-order valence-electron chi connectivity index (χ4n) is 3.09. The summed E-state index contributed by atoms with van der Waals surface area (Å²) in [6.07, 6.45) is 2.95. The summed E-state index contributed by atoms with van der Waals surface area (Å²) in [5.41, 5.74) is 0.455. The van der Waals surface area contributed by atoms with Crippen LogP contribution in [-0.2, 0) is 16.0 Å². The highest BCUT2D eigenvalue weighted by Crippen LogP contribution is 2.14. The van der Waals surface area contributed by atoms with Crippen LogP contribution in [0.5, 0.6) is 0 Å². The summed E-state index contributed by atoms with van der Waals surface area (Å²) in [7, 11) is 0. The van der Waals surface area contributed by atoms with E-state index in [1.807, 2.05) is 13.8 Å². The van der Waals surface area contributed by atoms with Gasteiger partial charge in [0, 0.05) is 38.1 Å². The average molecular weight is 398 g/mol. The van der Waals surface area contributed by atoms with Crippen LogP contribution in [0.25, 0.3) is 0 Å². The van der Waals surface area contributed by atoms with Crippen molar-refractivity contribution in [2.24, 2.45) is 5.92 Å². The van der Waals surface area contributed by atoms with Crippen LogP contribution in [0.15, 0.2) is 18.2 Å². The number of nitrogens with one attached hydrogen (secondary N) is 2. The molecule has 0 aliphatic heterocycles. The molecule has 7 heteroatoms. The quantitative estimate of drug-likeness (QED) is 0.506. The first kappa shape index (κ1) is 24.0. The highest BCUT2D eigenvalue weighted by atomic mass is 19.1. The average Bonchev–Trinajstić information content (AvgIpc) is 2.56. The van der Waals surface area contributed by atoms with E-state index in [0.717, 1.165) is 12.5 Å². The van der Waals surface area contributed by atoms with Crippen LogP contribution in [-0.4, -0.2) is 35.6 Å². The van der Waals surface area contributed by atoms with Gasteiger partial charge in [0.2, 0.25) is 11.8 Å². The lowest BCUT2D eigenvalue weighted by Crippen LogP contribution is -2.39. The molecule has 0 spiro atoms. The third-order valence-corrected chi connectivity index (χ3v) is 4.47. The fourth-order valence-corrected chi connectivity index (χ4v) is 3.09. The molecular formula is C21H32F2N2O3. The summed E-state index contributed by atoms with van der Waals surface area (Å²) < 4.78 is 26.9. The molecule has 0 aliphatic rings. The van der Waals surface area contributed by atoms with E-state index in [1.165, 1.54) is 19.1 Å². The van der Waals surface area contributed by atoms with Gasteiger partial charge >= 0.3 is 0 Å². The van der Waals surface area contributed by atoms with Gasteiger partial charge in [-0.05, 0) is 55.7 Å². The molecule has 0 aromatic heterocycles. The molecule has 0 saturated carbocycles. The van der Waals surface area contributed by atoms with Crippen molar-refractivity contribution in [2.75, 3.05) is 6.61 Å². The second-order valence-electron chi connectivity index (χ2n) is 7.67. The Balaban J connectivity index is 2.69. The number of amides is 2. The Morgan fingerprint density at radius 1 is 0.964 bits per heavy atom. The summed E-state index contributed by atoms with van der Waals surface area (Å²) >= 11 is 0. The minimum Gasteiger partial charge on any atom is -0.396 e. The molecule has 2 amide bonds. The molecule has 0 aliphatic carbocycles. The monoisotopic (exact) mass is 398 g/mol. The normalized spacial score (nSPS) is 13.2. The van der Waals surface area contributed by atoms with Crippen molar-refractivity contribution >= 4 is 11.8 Å². The molecule has 1 unspecified atom stereocenters. The summed E-state index contributed by atoms with van der Waals surface area (Å²) in [6.45, 7) is 5.42. The van der Waals surface area contributed by atoms with Crippen LogP contribution in [0, 0.1) is 17.6 Å². The number of hydrogen-bond acceptors (Lipinski definition) is 3. The molecular weight excluding hydrogens is 366 g/mol. The van der Waals surface area contributed by atoms with Gasteiger partial charge in [0.25, 0.3) is 0 Å². The third kappa shape index (κ3) is 10.3. The Labute approximate surface area is 165 Å². The van der Waals surface area contributed by atoms with Crippen molar-refractivity contribution in [3.63, 3.8) is 0 Å². The number of aliphatic hydroxyl groups excluding tert-OH is 1. The zero-order chi connectivity index (χ0) is 21.1. The van der Waals surface area contributed by atoms with E-state index in [9.17, 15) is 23.5 Å². The molecule has 3 N–H and O–H groups in total. The van der Waals surface area contributed by atoms with E-state index in [4.69, 9.17) is 0 Å². The van der Waals surface area contributed by atoms with E-state index in [0.29, 0.717) is 37.2 Å². The van der Waals surface area contributed by atoms with Crippen molar-refractivity contribution in [3.8, 4) is 0 Å². The molecule has 1 rings (SSSR count). The highest BCUT2D eigenvalue weighted by Gasteiger charge is 2.17. The van der Waals surface area contributed by atoms with Gasteiger partial charge in [0.1, 0.15) is 11.6 Å². The van der Waals surface area contributed by atoms with Gasteiger partial charge in [-0.3, -0.25) is 9.59 Å². The van der Waals surface area contributed by atoms with E-state index in [1.54, 1.807) is 0 Å². The van der Waals surface area contributed by atoms with Crippen molar-refractivity contribution in [2.45, 2.75) is 71.4 Å². The number of carbonyl (C=O) groups is 2. The van der Waals surface area contributed by atoms with Crippen LogP contribution in [0.1, 0.15) is 58.4 Å². The van der Waals surface area contributed by atoms with Crippen LogP contribution in [0.2, 0.25) is 0 Å². The van der Waals surface area contributed by atoms with Crippen molar-refractivity contribution in [1.29, 1.82) is 0 Å². The summed E-state index contributed by atoms with van der Waals surface area (Å²) in [5.74, 6) is -1.19. The summed E-state index contributed by atoms with van der Waals surface area (Å²) in [4.78, 5) is 23.6. The first-order valence-corrected chi connectivity index (χ1v) is 9.81. The Bertz CT molecular complexity index is 618. The largest absolute Gasteiger partial charge is 0.396 e. The minimum atomic E-state index is -0.660. The number of benzene rings is 1. The third-order valence-electron chi connectivity index (χ3n) is 4.47. The maximum absolute atomic E-state index is 13.4. The van der Waals surface area contributed by atoms with Gasteiger partial charge in [-0.2, -0.15) is 0 Å². The Hall–Kier alpha value is -2.02. The molecule has 0 radical (unpaired) electrons. The van der Waals surface area contributed by atoms with Crippen molar-refractivity contribution < 1.29 is 23.5 Å². The van der Waals surface area contributed by atoms with Crippen LogP contribution in [0.4, 0.5) is 8.78 Å². The predicted molar refractivity (Wildman–Crippen MR) is 105 cm³/mol. The van der Waals surface area contributed by atoms with Gasteiger partial charge in [-0.25, -0.2) is 8.78 Å². The van der Waals surface area contributed by atoms with Crippen molar-refractivity contribution in [1.82, 2.24) is 10.6 Å². The number of halogens is 2. The van der Waals surface area contributed by atoms with Crippen molar-refractivity contribution in [3.05, 3.63) is 35.4 Å². The molecule has 0 heterocycles. The zero-order valence-corrected chi connectivity index (χ0v) is 16.9. The topological polar surface area (TPSA) is 78.4 Å². The molecule has 5 nitrogen and oxygen atoms in total.